The van der Waals surface area contributed by atoms with Gasteiger partial charge in [0.1, 0.15) is 0 Å². The number of hydrogen-bond donors (Lipinski definition) is 2. The molecule has 8 nitrogen and oxygen atoms in total. The Kier molecular flexibility index (Phi) is 4.24. The van der Waals surface area contributed by atoms with E-state index in [4.69, 9.17) is 10.6 Å². The maximum atomic E-state index is 5.64. The van der Waals surface area contributed by atoms with E-state index < -0.39 is 0 Å². The van der Waals surface area contributed by atoms with Gasteiger partial charge in [-0.3, -0.25) is 5.43 Å². The fourth-order valence-electron chi connectivity index (χ4n) is 1.60. The first-order valence-electron chi connectivity index (χ1n) is 6.12. The minimum atomic E-state index is 0.0310. The fraction of sp³-hybridized carbons (Fsp3) is 0.455. The molecule has 8 heteroatoms. The molecule has 2 aromatic heterocycles. The summed E-state index contributed by atoms with van der Waals surface area (Å²) in [6.07, 6.45) is 5.35. The van der Waals surface area contributed by atoms with Crippen LogP contribution in [0.4, 0.5) is 5.95 Å². The van der Waals surface area contributed by atoms with Gasteiger partial charge in [0.25, 0.3) is 5.95 Å². The van der Waals surface area contributed by atoms with Crippen LogP contribution in [0.1, 0.15) is 26.7 Å². The molecule has 0 aliphatic carbocycles. The van der Waals surface area contributed by atoms with Crippen molar-refractivity contribution >= 4 is 5.95 Å². The van der Waals surface area contributed by atoms with E-state index in [9.17, 15) is 0 Å². The molecule has 0 radical (unpaired) electrons. The zero-order valence-electron chi connectivity index (χ0n) is 10.9. The molecule has 0 saturated heterocycles. The van der Waals surface area contributed by atoms with Gasteiger partial charge in [-0.25, -0.2) is 10.5 Å². The Labute approximate surface area is 111 Å². The summed E-state index contributed by atoms with van der Waals surface area (Å²) >= 11 is 0. The smallest absolute Gasteiger partial charge is 0.323 e. The molecule has 0 aromatic carbocycles. The first kappa shape index (κ1) is 13.2. The van der Waals surface area contributed by atoms with Gasteiger partial charge in [0.05, 0.1) is 6.10 Å². The highest BCUT2D eigenvalue weighted by Gasteiger charge is 2.11. The molecule has 0 spiro atoms. The van der Waals surface area contributed by atoms with Crippen LogP contribution >= 0.6 is 0 Å². The lowest BCUT2D eigenvalue weighted by Crippen LogP contribution is -2.18. The van der Waals surface area contributed by atoms with Crippen molar-refractivity contribution in [3.63, 3.8) is 0 Å². The number of rotatable bonds is 6. The van der Waals surface area contributed by atoms with Crippen LogP contribution in [0.25, 0.3) is 5.95 Å². The summed E-state index contributed by atoms with van der Waals surface area (Å²) < 4.78 is 7.15. The largest absolute Gasteiger partial charge is 0.460 e. The van der Waals surface area contributed by atoms with Gasteiger partial charge in [0, 0.05) is 12.4 Å². The highest BCUT2D eigenvalue weighted by atomic mass is 16.5. The second kappa shape index (κ2) is 6.10. The molecule has 2 rings (SSSR count). The molecule has 3 N–H and O–H groups in total. The van der Waals surface area contributed by atoms with Crippen LogP contribution in [0, 0.1) is 0 Å². The summed E-state index contributed by atoms with van der Waals surface area (Å²) in [5.74, 6) is 5.93. The van der Waals surface area contributed by atoms with Gasteiger partial charge in [0.15, 0.2) is 0 Å². The molecular weight excluding hydrogens is 246 g/mol. The van der Waals surface area contributed by atoms with E-state index >= 15 is 0 Å². The molecule has 0 bridgehead atoms. The minimum absolute atomic E-state index is 0.0310. The lowest BCUT2D eigenvalue weighted by atomic mass is 10.2. The molecule has 102 valence electrons. The van der Waals surface area contributed by atoms with E-state index in [0.29, 0.717) is 5.95 Å². The molecular formula is C11H17N7O. The zero-order valence-corrected chi connectivity index (χ0v) is 10.9. The molecule has 19 heavy (non-hydrogen) atoms. The van der Waals surface area contributed by atoms with Crippen molar-refractivity contribution in [1.29, 1.82) is 0 Å². The van der Waals surface area contributed by atoms with Crippen LogP contribution in [-0.2, 0) is 0 Å². The maximum absolute atomic E-state index is 5.64. The van der Waals surface area contributed by atoms with Gasteiger partial charge in [-0.05, 0) is 19.4 Å². The number of anilines is 1. The van der Waals surface area contributed by atoms with Crippen molar-refractivity contribution in [3.05, 3.63) is 18.5 Å². The number of nitrogens with two attached hydrogens (primary N) is 1. The Morgan fingerprint density at radius 2 is 2.26 bits per heavy atom. The average Bonchev–Trinajstić information content (AvgIpc) is 2.92. The third kappa shape index (κ3) is 3.38. The molecule has 1 unspecified atom stereocenters. The summed E-state index contributed by atoms with van der Waals surface area (Å²) in [5.41, 5.74) is 2.39. The Balaban J connectivity index is 2.26. The topological polar surface area (TPSA) is 104 Å². The first-order chi connectivity index (χ1) is 9.22. The van der Waals surface area contributed by atoms with Gasteiger partial charge in [-0.2, -0.15) is 20.1 Å². The van der Waals surface area contributed by atoms with Gasteiger partial charge in [0.2, 0.25) is 5.95 Å². The van der Waals surface area contributed by atoms with Gasteiger partial charge in [-0.1, -0.05) is 13.3 Å². The van der Waals surface area contributed by atoms with Gasteiger partial charge >= 0.3 is 6.01 Å². The lowest BCUT2D eigenvalue weighted by molar-refractivity contribution is 0.192. The Hall–Kier alpha value is -2.22. The predicted octanol–water partition coefficient (Wildman–Crippen LogP) is 0.910. The van der Waals surface area contributed by atoms with E-state index in [0.717, 1.165) is 12.8 Å². The summed E-state index contributed by atoms with van der Waals surface area (Å²) in [6, 6.07) is 2.01. The number of nitrogen functional groups attached to an aromatic ring is 1. The molecule has 0 fully saturated rings. The van der Waals surface area contributed by atoms with Crippen LogP contribution in [0.2, 0.25) is 0 Å². The zero-order chi connectivity index (χ0) is 13.7. The van der Waals surface area contributed by atoms with Crippen molar-refractivity contribution in [1.82, 2.24) is 24.7 Å². The highest BCUT2D eigenvalue weighted by molar-refractivity contribution is 5.28. The summed E-state index contributed by atoms with van der Waals surface area (Å²) in [7, 11) is 0. The first-order valence-corrected chi connectivity index (χ1v) is 6.12. The molecule has 0 amide bonds. The van der Waals surface area contributed by atoms with Gasteiger partial charge < -0.3 is 4.74 Å². The van der Waals surface area contributed by atoms with Crippen molar-refractivity contribution in [2.75, 3.05) is 5.43 Å². The molecule has 0 aliphatic rings. The van der Waals surface area contributed by atoms with E-state index in [1.54, 1.807) is 18.5 Å². The Morgan fingerprint density at radius 3 is 2.89 bits per heavy atom. The second-order valence-electron chi connectivity index (χ2n) is 4.05. The third-order valence-electron chi connectivity index (χ3n) is 2.44. The summed E-state index contributed by atoms with van der Waals surface area (Å²) in [6.45, 7) is 4.06. The SMILES string of the molecule is CCCC(C)Oc1nc(NN)nc(-n2cccn2)n1. The molecule has 0 aliphatic heterocycles. The van der Waals surface area contributed by atoms with Crippen molar-refractivity contribution < 1.29 is 4.74 Å². The van der Waals surface area contributed by atoms with Gasteiger partial charge in [-0.15, -0.1) is 0 Å². The van der Waals surface area contributed by atoms with Crippen molar-refractivity contribution in [2.24, 2.45) is 5.84 Å². The molecule has 2 heterocycles. The lowest BCUT2D eigenvalue weighted by Gasteiger charge is -2.13. The standard InChI is InChI=1S/C11H17N7O/c1-3-5-8(2)19-11-15-9(17-12)14-10(16-11)18-7-4-6-13-18/h4,6-8H,3,5,12H2,1-2H3,(H,14,15,16,17). The van der Waals surface area contributed by atoms with Crippen LogP contribution in [0.5, 0.6) is 6.01 Å². The van der Waals surface area contributed by atoms with E-state index in [1.807, 2.05) is 6.92 Å². The number of hydrazine groups is 1. The minimum Gasteiger partial charge on any atom is -0.460 e. The highest BCUT2D eigenvalue weighted by Crippen LogP contribution is 2.12. The molecule has 0 saturated carbocycles. The molecule has 1 atom stereocenters. The summed E-state index contributed by atoms with van der Waals surface area (Å²) in [5, 5.41) is 4.06. The predicted molar refractivity (Wildman–Crippen MR) is 69.8 cm³/mol. The number of nitrogens with zero attached hydrogens (tertiary/aromatic N) is 5. The normalized spacial score (nSPS) is 12.2. The van der Waals surface area contributed by atoms with Crippen molar-refractivity contribution in [3.8, 4) is 12.0 Å². The Morgan fingerprint density at radius 1 is 1.42 bits per heavy atom. The second-order valence-corrected chi connectivity index (χ2v) is 4.05. The number of aromatic nitrogens is 5. The summed E-state index contributed by atoms with van der Waals surface area (Å²) in [4.78, 5) is 12.4. The monoisotopic (exact) mass is 263 g/mol. The third-order valence-corrected chi connectivity index (χ3v) is 2.44. The maximum Gasteiger partial charge on any atom is 0.323 e. The average molecular weight is 263 g/mol. The Bertz CT molecular complexity index is 514. The van der Waals surface area contributed by atoms with Crippen LogP contribution in [0.3, 0.4) is 0 Å². The number of ether oxygens (including phenoxy) is 1. The van der Waals surface area contributed by atoms with E-state index in [-0.39, 0.29) is 18.1 Å². The number of nitrogens with one attached hydrogen (secondary N) is 1. The van der Waals surface area contributed by atoms with Crippen molar-refractivity contribution in [2.45, 2.75) is 32.8 Å². The van der Waals surface area contributed by atoms with E-state index in [1.165, 1.54) is 4.68 Å². The quantitative estimate of drug-likeness (QED) is 0.589. The number of hydrogen-bond acceptors (Lipinski definition) is 7. The molecule has 2 aromatic rings. The van der Waals surface area contributed by atoms with E-state index in [2.05, 4.69) is 32.4 Å². The van der Waals surface area contributed by atoms with Crippen LogP contribution in [-0.4, -0.2) is 30.8 Å². The van der Waals surface area contributed by atoms with Crippen LogP contribution < -0.4 is 16.0 Å². The fourth-order valence-corrected chi connectivity index (χ4v) is 1.60. The van der Waals surface area contributed by atoms with Crippen LogP contribution in [0.15, 0.2) is 18.5 Å².